The van der Waals surface area contributed by atoms with Gasteiger partial charge in [-0.3, -0.25) is 14.9 Å². The Balaban J connectivity index is 1.62. The smallest absolute Gasteiger partial charge is 0.343 e. The third-order valence-electron chi connectivity index (χ3n) is 4.35. The van der Waals surface area contributed by atoms with E-state index >= 15 is 0 Å². The number of hydrogen-bond acceptors (Lipinski definition) is 7. The van der Waals surface area contributed by atoms with Crippen LogP contribution in [0.2, 0.25) is 0 Å². The predicted octanol–water partition coefficient (Wildman–Crippen LogP) is 4.45. The molecular formula is C23H19BrN4O5. The highest BCUT2D eigenvalue weighted by Crippen LogP contribution is 2.23. The van der Waals surface area contributed by atoms with E-state index in [-0.39, 0.29) is 29.5 Å². The number of hydrogen-bond donors (Lipinski definition) is 2. The first-order valence-electron chi connectivity index (χ1n) is 9.70. The van der Waals surface area contributed by atoms with E-state index in [1.54, 1.807) is 18.2 Å². The van der Waals surface area contributed by atoms with Gasteiger partial charge in [-0.05, 0) is 55.0 Å². The highest BCUT2D eigenvalue weighted by Gasteiger charge is 2.14. The minimum Gasteiger partial charge on any atom is -0.422 e. The molecule has 0 aromatic heterocycles. The van der Waals surface area contributed by atoms with Gasteiger partial charge < -0.3 is 10.1 Å². The molecule has 33 heavy (non-hydrogen) atoms. The number of anilines is 1. The molecular weight excluding hydrogens is 492 g/mol. The lowest BCUT2D eigenvalue weighted by atomic mass is 10.2. The van der Waals surface area contributed by atoms with E-state index in [0.29, 0.717) is 10.0 Å². The summed E-state index contributed by atoms with van der Waals surface area (Å²) in [5, 5.41) is 17.7. The highest BCUT2D eigenvalue weighted by molar-refractivity contribution is 9.10. The van der Waals surface area contributed by atoms with Crippen LogP contribution in [-0.2, 0) is 4.79 Å². The van der Waals surface area contributed by atoms with Crippen LogP contribution in [0.5, 0.6) is 5.75 Å². The monoisotopic (exact) mass is 510 g/mol. The average Bonchev–Trinajstić information content (AvgIpc) is 2.79. The molecule has 0 heterocycles. The number of benzene rings is 3. The maximum atomic E-state index is 12.4. The lowest BCUT2D eigenvalue weighted by molar-refractivity contribution is -0.384. The van der Waals surface area contributed by atoms with Crippen molar-refractivity contribution in [3.8, 4) is 5.75 Å². The molecule has 0 aliphatic carbocycles. The number of nitro benzene ring substituents is 1. The zero-order valence-electron chi connectivity index (χ0n) is 17.4. The fraction of sp³-hybridized carbons (Fsp3) is 0.0870. The fourth-order valence-corrected chi connectivity index (χ4v) is 3.12. The number of aryl methyl sites for hydroxylation is 1. The molecule has 3 rings (SSSR count). The summed E-state index contributed by atoms with van der Waals surface area (Å²) in [6.45, 7) is 1.99. The van der Waals surface area contributed by atoms with Crippen molar-refractivity contribution in [3.63, 3.8) is 0 Å². The summed E-state index contributed by atoms with van der Waals surface area (Å²) < 4.78 is 6.13. The minimum atomic E-state index is -0.687. The molecule has 0 bridgehead atoms. The van der Waals surface area contributed by atoms with Crippen molar-refractivity contribution in [2.24, 2.45) is 5.10 Å². The van der Waals surface area contributed by atoms with Gasteiger partial charge in [0.05, 0.1) is 23.2 Å². The van der Waals surface area contributed by atoms with Crippen molar-refractivity contribution in [2.45, 2.75) is 6.92 Å². The molecule has 1 amide bonds. The topological polar surface area (TPSA) is 123 Å². The van der Waals surface area contributed by atoms with Crippen LogP contribution in [0, 0.1) is 17.0 Å². The lowest BCUT2D eigenvalue weighted by Crippen LogP contribution is -2.25. The molecule has 0 saturated heterocycles. The molecule has 0 aliphatic heterocycles. The summed E-state index contributed by atoms with van der Waals surface area (Å²) >= 11 is 3.34. The van der Waals surface area contributed by atoms with Gasteiger partial charge in [0.15, 0.2) is 0 Å². The standard InChI is InChI=1S/C23H19BrN4O5/c1-15-3-2-4-19(11-15)25-14-22(29)27-26-13-17-12-18(24)7-10-21(17)33-23(30)16-5-8-20(9-6-16)28(31)32/h2-13,25H,14H2,1H3,(H,27,29)/b26-13+. The summed E-state index contributed by atoms with van der Waals surface area (Å²) in [7, 11) is 0. The molecule has 0 fully saturated rings. The van der Waals surface area contributed by atoms with Crippen molar-refractivity contribution in [1.82, 2.24) is 5.43 Å². The fourth-order valence-electron chi connectivity index (χ4n) is 2.74. The van der Waals surface area contributed by atoms with E-state index in [0.717, 1.165) is 11.3 Å². The molecule has 0 atom stereocenters. The third-order valence-corrected chi connectivity index (χ3v) is 4.85. The van der Waals surface area contributed by atoms with Crippen molar-refractivity contribution in [3.05, 3.63) is 98.0 Å². The van der Waals surface area contributed by atoms with E-state index < -0.39 is 10.9 Å². The van der Waals surface area contributed by atoms with Gasteiger partial charge in [0, 0.05) is 27.9 Å². The molecule has 9 nitrogen and oxygen atoms in total. The minimum absolute atomic E-state index is 0.0290. The van der Waals surface area contributed by atoms with Gasteiger partial charge >= 0.3 is 5.97 Å². The van der Waals surface area contributed by atoms with Gasteiger partial charge in [-0.25, -0.2) is 10.2 Å². The summed E-state index contributed by atoms with van der Waals surface area (Å²) in [6.07, 6.45) is 1.35. The number of nitro groups is 1. The van der Waals surface area contributed by atoms with Crippen molar-refractivity contribution in [2.75, 3.05) is 11.9 Å². The van der Waals surface area contributed by atoms with E-state index in [4.69, 9.17) is 4.74 Å². The molecule has 3 aromatic carbocycles. The van der Waals surface area contributed by atoms with Crippen molar-refractivity contribution < 1.29 is 19.2 Å². The molecule has 0 radical (unpaired) electrons. The Hall–Kier alpha value is -4.05. The van der Waals surface area contributed by atoms with Crippen molar-refractivity contribution >= 4 is 45.4 Å². The summed E-state index contributed by atoms with van der Waals surface area (Å²) in [5.41, 5.74) is 4.77. The zero-order valence-corrected chi connectivity index (χ0v) is 19.0. The van der Waals surface area contributed by atoms with Crippen LogP contribution in [-0.4, -0.2) is 29.6 Å². The van der Waals surface area contributed by atoms with Gasteiger partial charge in [-0.2, -0.15) is 5.10 Å². The van der Waals surface area contributed by atoms with Crippen LogP contribution in [0.1, 0.15) is 21.5 Å². The van der Waals surface area contributed by atoms with Gasteiger partial charge in [-0.15, -0.1) is 0 Å². The average molecular weight is 511 g/mol. The van der Waals surface area contributed by atoms with E-state index in [2.05, 4.69) is 31.8 Å². The molecule has 2 N–H and O–H groups in total. The summed E-state index contributed by atoms with van der Waals surface area (Å²) in [5.74, 6) is -0.835. The first-order valence-corrected chi connectivity index (χ1v) is 10.5. The molecule has 0 spiro atoms. The number of amides is 1. The SMILES string of the molecule is Cc1cccc(NCC(=O)N/N=C/c2cc(Br)ccc2OC(=O)c2ccc([N+](=O)[O-])cc2)c1. The Morgan fingerprint density at radius 2 is 1.88 bits per heavy atom. The van der Waals surface area contributed by atoms with Crippen LogP contribution in [0.4, 0.5) is 11.4 Å². The molecule has 0 aliphatic rings. The van der Waals surface area contributed by atoms with Gasteiger partial charge in [0.25, 0.3) is 11.6 Å². The van der Waals surface area contributed by atoms with E-state index in [1.807, 2.05) is 31.2 Å². The number of esters is 1. The molecule has 10 heteroatoms. The Morgan fingerprint density at radius 1 is 1.12 bits per heavy atom. The lowest BCUT2D eigenvalue weighted by Gasteiger charge is -2.08. The maximum Gasteiger partial charge on any atom is 0.343 e. The number of carbonyl (C=O) groups is 2. The first kappa shape index (κ1) is 23.6. The van der Waals surface area contributed by atoms with Crippen molar-refractivity contribution in [1.29, 1.82) is 0 Å². The maximum absolute atomic E-state index is 12.4. The zero-order chi connectivity index (χ0) is 23.8. The number of halogens is 1. The molecule has 168 valence electrons. The van der Waals surface area contributed by atoms with Gasteiger partial charge in [0.1, 0.15) is 5.75 Å². The molecule has 0 unspecified atom stereocenters. The van der Waals surface area contributed by atoms with E-state index in [9.17, 15) is 19.7 Å². The third kappa shape index (κ3) is 6.97. The van der Waals surface area contributed by atoms with Gasteiger partial charge in [-0.1, -0.05) is 28.1 Å². The van der Waals surface area contributed by atoms with E-state index in [1.165, 1.54) is 30.5 Å². The van der Waals surface area contributed by atoms with Crippen LogP contribution in [0.3, 0.4) is 0 Å². The number of nitrogens with zero attached hydrogens (tertiary/aromatic N) is 2. The number of hydrazone groups is 1. The number of nitrogens with one attached hydrogen (secondary N) is 2. The summed E-state index contributed by atoms with van der Waals surface area (Å²) in [4.78, 5) is 34.7. The molecule has 0 saturated carbocycles. The summed E-state index contributed by atoms with van der Waals surface area (Å²) in [6, 6.07) is 17.6. The largest absolute Gasteiger partial charge is 0.422 e. The first-order chi connectivity index (χ1) is 15.8. The quantitative estimate of drug-likeness (QED) is 0.152. The number of rotatable bonds is 8. The van der Waals surface area contributed by atoms with Crippen LogP contribution >= 0.6 is 15.9 Å². The molecule has 3 aromatic rings. The number of non-ortho nitro benzene ring substituents is 1. The Labute approximate surface area is 197 Å². The Morgan fingerprint density at radius 3 is 2.58 bits per heavy atom. The number of carbonyl (C=O) groups excluding carboxylic acids is 2. The Bertz CT molecular complexity index is 1210. The normalized spacial score (nSPS) is 10.6. The number of ether oxygens (including phenoxy) is 1. The van der Waals surface area contributed by atoms with Crippen LogP contribution in [0.15, 0.2) is 76.3 Å². The second kappa shape index (κ2) is 11.0. The Kier molecular flexibility index (Phi) is 7.87. The predicted molar refractivity (Wildman–Crippen MR) is 128 cm³/mol. The second-order valence-corrected chi connectivity index (χ2v) is 7.81. The highest BCUT2D eigenvalue weighted by atomic mass is 79.9. The van der Waals surface area contributed by atoms with Gasteiger partial charge in [0.2, 0.25) is 0 Å². The van der Waals surface area contributed by atoms with Crippen LogP contribution < -0.4 is 15.5 Å². The second-order valence-electron chi connectivity index (χ2n) is 6.89. The van der Waals surface area contributed by atoms with Crippen LogP contribution in [0.25, 0.3) is 0 Å².